The normalized spacial score (nSPS) is 46.0. The Labute approximate surface area is 213 Å². The zero-order valence-electron chi connectivity index (χ0n) is 22.6. The molecule has 0 heterocycles. The van der Waals surface area contributed by atoms with Gasteiger partial charge in [-0.2, -0.15) is 0 Å². The maximum Gasteiger partial charge on any atom is 0.150 e. The average Bonchev–Trinajstić information content (AvgIpc) is 3.29. The molecule has 4 fully saturated rings. The minimum Gasteiger partial charge on any atom is -0.330 e. The van der Waals surface area contributed by atoms with E-state index in [9.17, 15) is 4.79 Å². The average molecular weight is 474 g/mol. The molecule has 1 aromatic rings. The zero-order valence-corrected chi connectivity index (χ0v) is 22.6. The van der Waals surface area contributed by atoms with E-state index in [1.807, 2.05) is 12.1 Å². The second kappa shape index (κ2) is 8.04. The highest BCUT2D eigenvalue weighted by molar-refractivity contribution is 5.78. The molecule has 5 aliphatic rings. The van der Waals surface area contributed by atoms with Crippen molar-refractivity contribution in [3.05, 3.63) is 41.5 Å². The summed E-state index contributed by atoms with van der Waals surface area (Å²) in [5, 5.41) is 0. The van der Waals surface area contributed by atoms with Crippen LogP contribution >= 0.6 is 0 Å². The third-order valence-electron chi connectivity index (χ3n) is 13.0. The highest BCUT2D eigenvalue weighted by atomic mass is 16.1. The number of nitrogens with two attached hydrogens (primary N) is 1. The summed E-state index contributed by atoms with van der Waals surface area (Å²) in [4.78, 5) is 11.2. The summed E-state index contributed by atoms with van der Waals surface area (Å²) in [7, 11) is 0. The number of hydrogen-bond donors (Lipinski definition) is 1. The van der Waals surface area contributed by atoms with Gasteiger partial charge in [0.2, 0.25) is 0 Å². The summed E-state index contributed by atoms with van der Waals surface area (Å²) in [6, 6.07) is 8.32. The third kappa shape index (κ3) is 3.20. The van der Waals surface area contributed by atoms with Crippen molar-refractivity contribution in [2.24, 2.45) is 57.0 Å². The van der Waals surface area contributed by atoms with Gasteiger partial charge >= 0.3 is 0 Å². The Morgan fingerprint density at radius 2 is 1.63 bits per heavy atom. The van der Waals surface area contributed by atoms with Crippen molar-refractivity contribution in [3.8, 4) is 0 Å². The summed E-state index contributed by atoms with van der Waals surface area (Å²) >= 11 is 0. The van der Waals surface area contributed by atoms with Crippen LogP contribution in [0.5, 0.6) is 0 Å². The molecule has 2 nitrogen and oxygen atoms in total. The van der Waals surface area contributed by atoms with Crippen LogP contribution in [0, 0.1) is 51.2 Å². The predicted molar refractivity (Wildman–Crippen MR) is 145 cm³/mol. The Kier molecular flexibility index (Phi) is 5.51. The lowest BCUT2D eigenvalue weighted by Crippen LogP contribution is -2.61. The zero-order chi connectivity index (χ0) is 24.6. The molecule has 0 aliphatic heterocycles. The second-order valence-electron chi connectivity index (χ2n) is 14.4. The number of carbonyl (C=O) groups is 1. The molecule has 0 spiro atoms. The molecule has 190 valence electrons. The molecule has 1 aromatic carbocycles. The van der Waals surface area contributed by atoms with Crippen molar-refractivity contribution in [2.45, 2.75) is 91.9 Å². The van der Waals surface area contributed by atoms with Gasteiger partial charge in [0.05, 0.1) is 0 Å². The van der Waals surface area contributed by atoms with Crippen molar-refractivity contribution in [2.75, 3.05) is 6.54 Å². The maximum absolute atomic E-state index is 11.2. The van der Waals surface area contributed by atoms with Crippen LogP contribution in [0.15, 0.2) is 30.3 Å². The number of benzene rings is 1. The summed E-state index contributed by atoms with van der Waals surface area (Å²) < 4.78 is 0. The van der Waals surface area contributed by atoms with E-state index in [4.69, 9.17) is 5.73 Å². The maximum atomic E-state index is 11.2. The van der Waals surface area contributed by atoms with Crippen LogP contribution in [0.2, 0.25) is 0 Å². The molecule has 5 aliphatic carbocycles. The fourth-order valence-electron chi connectivity index (χ4n) is 11.5. The first-order chi connectivity index (χ1) is 16.7. The highest BCUT2D eigenvalue weighted by Gasteiger charge is 2.65. The SMILES string of the molecule is CC1(C)C(c2ccc(C=O)cc2)=CCC2(C)C1CCC1(C)C3CCC4(CN)CCCC4C3CCC12. The molecule has 6 rings (SSSR count). The fourth-order valence-corrected chi connectivity index (χ4v) is 11.5. The first-order valence-electron chi connectivity index (χ1n) is 14.7. The molecule has 0 bridgehead atoms. The van der Waals surface area contributed by atoms with Gasteiger partial charge in [-0.25, -0.2) is 0 Å². The van der Waals surface area contributed by atoms with E-state index < -0.39 is 0 Å². The minimum atomic E-state index is 0.153. The van der Waals surface area contributed by atoms with E-state index in [-0.39, 0.29) is 5.41 Å². The van der Waals surface area contributed by atoms with Crippen molar-refractivity contribution >= 4 is 11.9 Å². The summed E-state index contributed by atoms with van der Waals surface area (Å²) in [5.41, 5.74) is 11.6. The van der Waals surface area contributed by atoms with E-state index in [1.165, 1.54) is 75.3 Å². The lowest BCUT2D eigenvalue weighted by Gasteiger charge is -2.68. The molecule has 0 saturated heterocycles. The van der Waals surface area contributed by atoms with Crippen molar-refractivity contribution in [3.63, 3.8) is 0 Å². The van der Waals surface area contributed by atoms with Crippen molar-refractivity contribution in [1.29, 1.82) is 0 Å². The van der Waals surface area contributed by atoms with Crippen molar-refractivity contribution < 1.29 is 4.79 Å². The largest absolute Gasteiger partial charge is 0.330 e. The van der Waals surface area contributed by atoms with E-state index in [1.54, 1.807) is 0 Å². The molecule has 0 amide bonds. The Morgan fingerprint density at radius 3 is 2.34 bits per heavy atom. The van der Waals surface area contributed by atoms with Crippen LogP contribution < -0.4 is 5.73 Å². The van der Waals surface area contributed by atoms with Crippen LogP contribution in [0.4, 0.5) is 0 Å². The standard InChI is InChI=1S/C33H47NO/c1-30(2)25(23-9-7-22(20-35)8-10-23)13-17-32(4)28(30)15-18-31(3)26-14-19-33(21-34)16-5-6-27(33)24(26)11-12-29(31)32/h7-10,13,20,24,26-29H,5-6,11-12,14-19,21,34H2,1-4H3. The minimum absolute atomic E-state index is 0.153. The third-order valence-corrected chi connectivity index (χ3v) is 13.0. The Balaban J connectivity index is 1.33. The molecular weight excluding hydrogens is 426 g/mol. The number of fused-ring (bicyclic) bond motifs is 7. The summed E-state index contributed by atoms with van der Waals surface area (Å²) in [6.45, 7) is 11.4. The highest BCUT2D eigenvalue weighted by Crippen LogP contribution is 2.73. The fraction of sp³-hybridized carbons (Fsp3) is 0.727. The van der Waals surface area contributed by atoms with Crippen LogP contribution in [-0.4, -0.2) is 12.8 Å². The number of hydrogen-bond acceptors (Lipinski definition) is 2. The van der Waals surface area contributed by atoms with Gasteiger partial charge in [0.15, 0.2) is 0 Å². The van der Waals surface area contributed by atoms with Crippen LogP contribution in [-0.2, 0) is 0 Å². The van der Waals surface area contributed by atoms with E-state index in [0.717, 1.165) is 42.1 Å². The van der Waals surface area contributed by atoms with Gasteiger partial charge in [-0.3, -0.25) is 4.79 Å². The molecule has 8 atom stereocenters. The smallest absolute Gasteiger partial charge is 0.150 e. The van der Waals surface area contributed by atoms with Crippen LogP contribution in [0.3, 0.4) is 0 Å². The molecule has 0 aromatic heterocycles. The van der Waals surface area contributed by atoms with Gasteiger partial charge in [0.25, 0.3) is 0 Å². The van der Waals surface area contributed by atoms with Gasteiger partial charge in [-0.15, -0.1) is 0 Å². The lowest BCUT2D eigenvalue weighted by atomic mass is 9.36. The van der Waals surface area contributed by atoms with Gasteiger partial charge in [0.1, 0.15) is 6.29 Å². The quantitative estimate of drug-likeness (QED) is 0.453. The van der Waals surface area contributed by atoms with Gasteiger partial charge in [-0.1, -0.05) is 64.5 Å². The number of rotatable bonds is 3. The molecule has 2 heteroatoms. The second-order valence-corrected chi connectivity index (χ2v) is 14.4. The van der Waals surface area contributed by atoms with E-state index in [2.05, 4.69) is 45.9 Å². The molecule has 0 radical (unpaired) electrons. The molecule has 4 saturated carbocycles. The van der Waals surface area contributed by atoms with Crippen molar-refractivity contribution in [1.82, 2.24) is 0 Å². The van der Waals surface area contributed by atoms with E-state index in [0.29, 0.717) is 22.2 Å². The number of aldehydes is 1. The summed E-state index contributed by atoms with van der Waals surface area (Å²) in [6.07, 6.45) is 17.5. The lowest BCUT2D eigenvalue weighted by molar-refractivity contribution is -0.177. The topological polar surface area (TPSA) is 43.1 Å². The van der Waals surface area contributed by atoms with Gasteiger partial charge in [0, 0.05) is 5.56 Å². The Hall–Kier alpha value is -1.41. The number of carbonyl (C=O) groups excluding carboxylic acids is 1. The Bertz CT molecular complexity index is 1020. The van der Waals surface area contributed by atoms with E-state index >= 15 is 0 Å². The van der Waals surface area contributed by atoms with Crippen LogP contribution in [0.1, 0.15) is 108 Å². The molecule has 8 unspecified atom stereocenters. The van der Waals surface area contributed by atoms with Gasteiger partial charge < -0.3 is 5.73 Å². The van der Waals surface area contributed by atoms with Gasteiger partial charge in [-0.05, 0) is 127 Å². The monoisotopic (exact) mass is 473 g/mol. The molecule has 2 N–H and O–H groups in total. The number of allylic oxidation sites excluding steroid dienone is 2. The Morgan fingerprint density at radius 1 is 0.857 bits per heavy atom. The predicted octanol–water partition coefficient (Wildman–Crippen LogP) is 7.92. The summed E-state index contributed by atoms with van der Waals surface area (Å²) in [5.74, 6) is 4.28. The molecule has 35 heavy (non-hydrogen) atoms. The first kappa shape index (κ1) is 24.0. The molecular formula is C33H47NO. The van der Waals surface area contributed by atoms with Crippen LogP contribution in [0.25, 0.3) is 5.57 Å². The first-order valence-corrected chi connectivity index (χ1v) is 14.7.